The smallest absolute Gasteiger partial charge is 0.0791 e. The molecule has 1 N–H and O–H groups in total. The first kappa shape index (κ1) is 14.3. The standard InChI is InChI=1S/C16H26N2O/c1-12-15(13(2)18(3)17-12)11-16(19)14-9-7-5-4-6-8-10-14/h9,16,19H,4-8,10-11H2,1-3H3. The van der Waals surface area contributed by atoms with E-state index in [4.69, 9.17) is 0 Å². The molecule has 0 amide bonds. The average Bonchev–Trinajstić information content (AvgIpc) is 2.55. The molecule has 1 heterocycles. The molecule has 0 aliphatic heterocycles. The van der Waals surface area contributed by atoms with Crippen molar-refractivity contribution < 1.29 is 5.11 Å². The van der Waals surface area contributed by atoms with E-state index < -0.39 is 0 Å². The van der Waals surface area contributed by atoms with Crippen molar-refractivity contribution in [1.29, 1.82) is 0 Å². The van der Waals surface area contributed by atoms with E-state index in [0.29, 0.717) is 6.42 Å². The topological polar surface area (TPSA) is 38.0 Å². The number of aliphatic hydroxyl groups excluding tert-OH is 1. The molecular weight excluding hydrogens is 236 g/mol. The Bertz CT molecular complexity index is 460. The molecule has 0 spiro atoms. The minimum atomic E-state index is -0.334. The maximum atomic E-state index is 10.5. The molecule has 0 aromatic carbocycles. The van der Waals surface area contributed by atoms with Gasteiger partial charge in [0.2, 0.25) is 0 Å². The predicted octanol–water partition coefficient (Wildman–Crippen LogP) is 3.22. The van der Waals surface area contributed by atoms with Gasteiger partial charge in [0, 0.05) is 19.2 Å². The number of aliphatic hydroxyl groups is 1. The molecule has 3 heteroatoms. The van der Waals surface area contributed by atoms with Crippen molar-refractivity contribution in [1.82, 2.24) is 9.78 Å². The van der Waals surface area contributed by atoms with Crippen molar-refractivity contribution in [3.8, 4) is 0 Å². The Morgan fingerprint density at radius 3 is 2.68 bits per heavy atom. The summed E-state index contributed by atoms with van der Waals surface area (Å²) < 4.78 is 1.91. The van der Waals surface area contributed by atoms with Gasteiger partial charge in [-0.1, -0.05) is 18.9 Å². The van der Waals surface area contributed by atoms with E-state index >= 15 is 0 Å². The van der Waals surface area contributed by atoms with Crippen LogP contribution < -0.4 is 0 Å². The third-order valence-electron chi connectivity index (χ3n) is 4.31. The largest absolute Gasteiger partial charge is 0.388 e. The van der Waals surface area contributed by atoms with Crippen LogP contribution in [0.15, 0.2) is 11.6 Å². The van der Waals surface area contributed by atoms with Gasteiger partial charge in [-0.2, -0.15) is 5.10 Å². The maximum absolute atomic E-state index is 10.5. The lowest BCUT2D eigenvalue weighted by atomic mass is 9.92. The third kappa shape index (κ3) is 3.47. The average molecular weight is 262 g/mol. The molecular formula is C16H26N2O. The molecule has 1 aromatic heterocycles. The van der Waals surface area contributed by atoms with Gasteiger partial charge in [-0.25, -0.2) is 0 Å². The summed E-state index contributed by atoms with van der Waals surface area (Å²) >= 11 is 0. The van der Waals surface area contributed by atoms with E-state index in [9.17, 15) is 5.11 Å². The summed E-state index contributed by atoms with van der Waals surface area (Å²) in [5.74, 6) is 0. The van der Waals surface area contributed by atoms with E-state index in [1.807, 2.05) is 18.7 Å². The highest BCUT2D eigenvalue weighted by atomic mass is 16.3. The molecule has 0 radical (unpaired) electrons. The van der Waals surface area contributed by atoms with Crippen molar-refractivity contribution in [3.63, 3.8) is 0 Å². The van der Waals surface area contributed by atoms with Crippen LogP contribution in [0.1, 0.15) is 55.5 Å². The Kier molecular flexibility index (Phi) is 4.81. The van der Waals surface area contributed by atoms with Crippen LogP contribution in [-0.4, -0.2) is 21.0 Å². The molecule has 0 saturated carbocycles. The Morgan fingerprint density at radius 1 is 1.26 bits per heavy atom. The Labute approximate surface area is 116 Å². The zero-order valence-electron chi connectivity index (χ0n) is 12.4. The summed E-state index contributed by atoms with van der Waals surface area (Å²) in [4.78, 5) is 0. The van der Waals surface area contributed by atoms with Gasteiger partial charge in [0.1, 0.15) is 0 Å². The maximum Gasteiger partial charge on any atom is 0.0791 e. The van der Waals surface area contributed by atoms with E-state index in [2.05, 4.69) is 18.1 Å². The number of aromatic nitrogens is 2. The second-order valence-electron chi connectivity index (χ2n) is 5.72. The second kappa shape index (κ2) is 6.38. The molecule has 1 atom stereocenters. The second-order valence-corrected chi connectivity index (χ2v) is 5.72. The Balaban J connectivity index is 2.09. The number of hydrogen-bond donors (Lipinski definition) is 1. The SMILES string of the molecule is Cc1nn(C)c(C)c1CC(O)C1=CCCCCCC1. The minimum Gasteiger partial charge on any atom is -0.388 e. The molecule has 1 aromatic rings. The molecule has 1 unspecified atom stereocenters. The fourth-order valence-electron chi connectivity index (χ4n) is 2.96. The highest BCUT2D eigenvalue weighted by Crippen LogP contribution is 2.23. The van der Waals surface area contributed by atoms with Crippen LogP contribution >= 0.6 is 0 Å². The van der Waals surface area contributed by atoms with Gasteiger partial charge in [-0.05, 0) is 50.7 Å². The fourth-order valence-corrected chi connectivity index (χ4v) is 2.96. The van der Waals surface area contributed by atoms with Gasteiger partial charge in [0.15, 0.2) is 0 Å². The Hall–Kier alpha value is -1.09. The predicted molar refractivity (Wildman–Crippen MR) is 78.2 cm³/mol. The molecule has 0 bridgehead atoms. The van der Waals surface area contributed by atoms with Crippen LogP contribution in [0.25, 0.3) is 0 Å². The van der Waals surface area contributed by atoms with Crippen molar-refractivity contribution in [3.05, 3.63) is 28.6 Å². The molecule has 1 aliphatic rings. The summed E-state index contributed by atoms with van der Waals surface area (Å²) in [6.45, 7) is 4.11. The van der Waals surface area contributed by atoms with E-state index in [1.54, 1.807) is 0 Å². The lowest BCUT2D eigenvalue weighted by Crippen LogP contribution is -2.16. The van der Waals surface area contributed by atoms with Crippen LogP contribution in [0, 0.1) is 13.8 Å². The highest BCUT2D eigenvalue weighted by molar-refractivity contribution is 5.27. The quantitative estimate of drug-likeness (QED) is 0.849. The van der Waals surface area contributed by atoms with E-state index in [0.717, 1.165) is 18.5 Å². The summed E-state index contributed by atoms with van der Waals surface area (Å²) in [6.07, 6.45) is 9.93. The monoisotopic (exact) mass is 262 g/mol. The van der Waals surface area contributed by atoms with Crippen molar-refractivity contribution in [2.75, 3.05) is 0 Å². The molecule has 0 saturated heterocycles. The van der Waals surface area contributed by atoms with Crippen molar-refractivity contribution >= 4 is 0 Å². The van der Waals surface area contributed by atoms with Crippen molar-refractivity contribution in [2.24, 2.45) is 7.05 Å². The molecule has 0 fully saturated rings. The van der Waals surface area contributed by atoms with Gasteiger partial charge in [0.05, 0.1) is 11.8 Å². The zero-order valence-corrected chi connectivity index (χ0v) is 12.4. The van der Waals surface area contributed by atoms with Gasteiger partial charge in [-0.3, -0.25) is 4.68 Å². The molecule has 2 rings (SSSR count). The first-order chi connectivity index (χ1) is 9.09. The number of hydrogen-bond acceptors (Lipinski definition) is 2. The van der Waals surface area contributed by atoms with Crippen LogP contribution in [0.2, 0.25) is 0 Å². The van der Waals surface area contributed by atoms with Crippen LogP contribution in [0.5, 0.6) is 0 Å². The van der Waals surface area contributed by atoms with Crippen LogP contribution in [0.3, 0.4) is 0 Å². The van der Waals surface area contributed by atoms with Gasteiger partial charge < -0.3 is 5.11 Å². The lowest BCUT2D eigenvalue weighted by Gasteiger charge is -2.17. The third-order valence-corrected chi connectivity index (χ3v) is 4.31. The molecule has 19 heavy (non-hydrogen) atoms. The number of aryl methyl sites for hydroxylation is 2. The lowest BCUT2D eigenvalue weighted by molar-refractivity contribution is 0.204. The molecule has 3 nitrogen and oxygen atoms in total. The summed E-state index contributed by atoms with van der Waals surface area (Å²) in [7, 11) is 1.97. The fraction of sp³-hybridized carbons (Fsp3) is 0.688. The Morgan fingerprint density at radius 2 is 2.00 bits per heavy atom. The van der Waals surface area contributed by atoms with Crippen molar-refractivity contribution in [2.45, 2.75) is 64.9 Å². The van der Waals surface area contributed by atoms with Crippen LogP contribution in [0.4, 0.5) is 0 Å². The van der Waals surface area contributed by atoms with Gasteiger partial charge in [-0.15, -0.1) is 0 Å². The summed E-state index contributed by atoms with van der Waals surface area (Å²) in [6, 6.07) is 0. The van der Waals surface area contributed by atoms with Gasteiger partial charge >= 0.3 is 0 Å². The number of allylic oxidation sites excluding steroid dienone is 1. The highest BCUT2D eigenvalue weighted by Gasteiger charge is 2.17. The van der Waals surface area contributed by atoms with Gasteiger partial charge in [0.25, 0.3) is 0 Å². The first-order valence-electron chi connectivity index (χ1n) is 7.45. The molecule has 1 aliphatic carbocycles. The first-order valence-corrected chi connectivity index (χ1v) is 7.45. The summed E-state index contributed by atoms with van der Waals surface area (Å²) in [5, 5.41) is 14.9. The number of rotatable bonds is 3. The normalized spacial score (nSPS) is 18.6. The van der Waals surface area contributed by atoms with E-state index in [-0.39, 0.29) is 6.10 Å². The number of nitrogens with zero attached hydrogens (tertiary/aromatic N) is 2. The van der Waals surface area contributed by atoms with Crippen LogP contribution in [-0.2, 0) is 13.5 Å². The minimum absolute atomic E-state index is 0.334. The molecule has 106 valence electrons. The zero-order chi connectivity index (χ0) is 13.8. The summed E-state index contributed by atoms with van der Waals surface area (Å²) in [5.41, 5.74) is 4.66. The van der Waals surface area contributed by atoms with E-state index in [1.165, 1.54) is 42.5 Å².